The zero-order valence-corrected chi connectivity index (χ0v) is 7.89. The molecule has 3 heteroatoms. The molecule has 12 heavy (non-hydrogen) atoms. The quantitative estimate of drug-likeness (QED) is 0.631. The Bertz CT molecular complexity index is 301. The highest BCUT2D eigenvalue weighted by atomic mass is 15.3. The van der Waals surface area contributed by atoms with Crippen LogP contribution in [-0.2, 0) is 13.5 Å². The molecule has 1 N–H and O–H groups in total. The van der Waals surface area contributed by atoms with Crippen LogP contribution in [-0.4, -0.2) is 15.8 Å². The van der Waals surface area contributed by atoms with Crippen LogP contribution >= 0.6 is 0 Å². The SMILES string of the molecule is Cc1nn(C)c2c1CC[C@H](C)N2. The molecule has 1 aliphatic rings. The molecule has 0 amide bonds. The fourth-order valence-corrected chi connectivity index (χ4v) is 1.85. The fraction of sp³-hybridized carbons (Fsp3) is 0.667. The predicted octanol–water partition coefficient (Wildman–Crippen LogP) is 1.48. The van der Waals surface area contributed by atoms with Gasteiger partial charge in [-0.1, -0.05) is 0 Å². The summed E-state index contributed by atoms with van der Waals surface area (Å²) < 4.78 is 1.94. The molecule has 0 fully saturated rings. The van der Waals surface area contributed by atoms with Crippen molar-refractivity contribution < 1.29 is 0 Å². The maximum absolute atomic E-state index is 4.38. The van der Waals surface area contributed by atoms with E-state index in [1.807, 2.05) is 11.7 Å². The van der Waals surface area contributed by atoms with Crippen molar-refractivity contribution in [1.29, 1.82) is 0 Å². The van der Waals surface area contributed by atoms with Crippen LogP contribution in [0.3, 0.4) is 0 Å². The van der Waals surface area contributed by atoms with Crippen molar-refractivity contribution in [2.75, 3.05) is 5.32 Å². The van der Waals surface area contributed by atoms with Gasteiger partial charge in [-0.05, 0) is 26.7 Å². The lowest BCUT2D eigenvalue weighted by Crippen LogP contribution is -2.23. The number of hydrogen-bond donors (Lipinski definition) is 1. The van der Waals surface area contributed by atoms with Gasteiger partial charge in [0.15, 0.2) is 0 Å². The third-order valence-electron chi connectivity index (χ3n) is 2.56. The molecular formula is C9H15N3. The minimum Gasteiger partial charge on any atom is -0.368 e. The summed E-state index contributed by atoms with van der Waals surface area (Å²) in [5.41, 5.74) is 2.57. The van der Waals surface area contributed by atoms with Gasteiger partial charge in [0.05, 0.1) is 5.69 Å². The standard InChI is InChI=1S/C9H15N3/c1-6-4-5-8-7(2)11-12(3)9(8)10-6/h6,10H,4-5H2,1-3H3/t6-/m0/s1. The van der Waals surface area contributed by atoms with Gasteiger partial charge in [-0.25, -0.2) is 0 Å². The van der Waals surface area contributed by atoms with Gasteiger partial charge in [-0.15, -0.1) is 0 Å². The van der Waals surface area contributed by atoms with Crippen LogP contribution in [0.25, 0.3) is 0 Å². The number of rotatable bonds is 0. The number of nitrogens with one attached hydrogen (secondary N) is 1. The van der Waals surface area contributed by atoms with E-state index in [1.165, 1.54) is 29.9 Å². The largest absolute Gasteiger partial charge is 0.368 e. The highest BCUT2D eigenvalue weighted by molar-refractivity contribution is 5.50. The molecule has 0 aliphatic carbocycles. The predicted molar refractivity (Wildman–Crippen MR) is 49.4 cm³/mol. The maximum Gasteiger partial charge on any atom is 0.127 e. The third kappa shape index (κ3) is 1.00. The van der Waals surface area contributed by atoms with Crippen molar-refractivity contribution >= 4 is 5.82 Å². The Morgan fingerprint density at radius 1 is 1.58 bits per heavy atom. The molecule has 0 saturated carbocycles. The van der Waals surface area contributed by atoms with E-state index in [9.17, 15) is 0 Å². The van der Waals surface area contributed by atoms with E-state index in [4.69, 9.17) is 0 Å². The zero-order chi connectivity index (χ0) is 8.72. The summed E-state index contributed by atoms with van der Waals surface area (Å²) in [4.78, 5) is 0. The van der Waals surface area contributed by atoms with Crippen LogP contribution in [0.2, 0.25) is 0 Å². The van der Waals surface area contributed by atoms with Gasteiger partial charge in [0, 0.05) is 18.7 Å². The summed E-state index contributed by atoms with van der Waals surface area (Å²) in [5, 5.41) is 7.83. The normalized spacial score (nSPS) is 21.8. The average molecular weight is 165 g/mol. The van der Waals surface area contributed by atoms with Gasteiger partial charge in [0.2, 0.25) is 0 Å². The summed E-state index contributed by atoms with van der Waals surface area (Å²) in [7, 11) is 2.00. The molecule has 0 radical (unpaired) electrons. The van der Waals surface area contributed by atoms with Gasteiger partial charge in [0.1, 0.15) is 5.82 Å². The van der Waals surface area contributed by atoms with E-state index in [0.717, 1.165) is 0 Å². The van der Waals surface area contributed by atoms with Crippen LogP contribution in [0.4, 0.5) is 5.82 Å². The molecule has 0 bridgehead atoms. The van der Waals surface area contributed by atoms with E-state index in [2.05, 4.69) is 24.3 Å². The Kier molecular flexibility index (Phi) is 1.60. The highest BCUT2D eigenvalue weighted by Crippen LogP contribution is 2.26. The van der Waals surface area contributed by atoms with Crippen molar-refractivity contribution in [3.05, 3.63) is 11.3 Å². The van der Waals surface area contributed by atoms with E-state index < -0.39 is 0 Å². The highest BCUT2D eigenvalue weighted by Gasteiger charge is 2.19. The van der Waals surface area contributed by atoms with Gasteiger partial charge in [0.25, 0.3) is 0 Å². The minimum atomic E-state index is 0.590. The first kappa shape index (κ1) is 7.65. The van der Waals surface area contributed by atoms with Crippen LogP contribution in [0, 0.1) is 6.92 Å². The molecule has 0 aromatic carbocycles. The van der Waals surface area contributed by atoms with E-state index in [-0.39, 0.29) is 0 Å². The summed E-state index contributed by atoms with van der Waals surface area (Å²) in [6.07, 6.45) is 2.39. The average Bonchev–Trinajstić information content (AvgIpc) is 2.28. The Hall–Kier alpha value is -0.990. The van der Waals surface area contributed by atoms with E-state index in [0.29, 0.717) is 6.04 Å². The van der Waals surface area contributed by atoms with Gasteiger partial charge >= 0.3 is 0 Å². The molecule has 2 rings (SSSR count). The fourth-order valence-electron chi connectivity index (χ4n) is 1.85. The monoisotopic (exact) mass is 165 g/mol. The molecule has 0 saturated heterocycles. The first-order valence-electron chi connectivity index (χ1n) is 4.47. The van der Waals surface area contributed by atoms with Gasteiger partial charge in [-0.3, -0.25) is 4.68 Å². The van der Waals surface area contributed by atoms with Crippen LogP contribution < -0.4 is 5.32 Å². The zero-order valence-electron chi connectivity index (χ0n) is 7.89. The van der Waals surface area contributed by atoms with Gasteiger partial charge in [-0.2, -0.15) is 5.10 Å². The lowest BCUT2D eigenvalue weighted by atomic mass is 10.0. The number of fused-ring (bicyclic) bond motifs is 1. The van der Waals surface area contributed by atoms with E-state index in [1.54, 1.807) is 0 Å². The van der Waals surface area contributed by atoms with Crippen LogP contribution in [0.5, 0.6) is 0 Å². The molecule has 3 nitrogen and oxygen atoms in total. The Balaban J connectivity index is 2.45. The van der Waals surface area contributed by atoms with Crippen molar-refractivity contribution in [2.24, 2.45) is 7.05 Å². The molecule has 1 aromatic heterocycles. The van der Waals surface area contributed by atoms with Crippen molar-refractivity contribution in [2.45, 2.75) is 32.7 Å². The molecule has 2 heterocycles. The van der Waals surface area contributed by atoms with Crippen molar-refractivity contribution in [3.63, 3.8) is 0 Å². The number of aromatic nitrogens is 2. The molecule has 1 aliphatic heterocycles. The summed E-state index contributed by atoms with van der Waals surface area (Å²) >= 11 is 0. The van der Waals surface area contributed by atoms with Crippen molar-refractivity contribution in [1.82, 2.24) is 9.78 Å². The van der Waals surface area contributed by atoms with Crippen molar-refractivity contribution in [3.8, 4) is 0 Å². The van der Waals surface area contributed by atoms with Crippen LogP contribution in [0.1, 0.15) is 24.6 Å². The lowest BCUT2D eigenvalue weighted by Gasteiger charge is -2.21. The lowest BCUT2D eigenvalue weighted by molar-refractivity contribution is 0.660. The second-order valence-corrected chi connectivity index (χ2v) is 3.62. The first-order valence-corrected chi connectivity index (χ1v) is 4.47. The molecule has 66 valence electrons. The molecule has 0 unspecified atom stereocenters. The molecular weight excluding hydrogens is 150 g/mol. The van der Waals surface area contributed by atoms with E-state index >= 15 is 0 Å². The van der Waals surface area contributed by atoms with Gasteiger partial charge < -0.3 is 5.32 Å². The summed E-state index contributed by atoms with van der Waals surface area (Å²) in [6, 6.07) is 0.590. The summed E-state index contributed by atoms with van der Waals surface area (Å²) in [5.74, 6) is 1.21. The molecule has 1 atom stereocenters. The molecule has 0 spiro atoms. The summed E-state index contributed by atoms with van der Waals surface area (Å²) in [6.45, 7) is 4.29. The third-order valence-corrected chi connectivity index (χ3v) is 2.56. The number of hydrogen-bond acceptors (Lipinski definition) is 2. The number of aryl methyl sites for hydroxylation is 2. The Labute approximate surface area is 72.8 Å². The second kappa shape index (κ2) is 2.51. The number of nitrogens with zero attached hydrogens (tertiary/aromatic N) is 2. The smallest absolute Gasteiger partial charge is 0.127 e. The van der Waals surface area contributed by atoms with Crippen LogP contribution in [0.15, 0.2) is 0 Å². The second-order valence-electron chi connectivity index (χ2n) is 3.62. The maximum atomic E-state index is 4.38. The minimum absolute atomic E-state index is 0.590. The Morgan fingerprint density at radius 2 is 2.33 bits per heavy atom. The Morgan fingerprint density at radius 3 is 3.08 bits per heavy atom. The number of anilines is 1. The molecule has 1 aromatic rings. The topological polar surface area (TPSA) is 29.9 Å². The first-order chi connectivity index (χ1) is 5.68.